The molecule has 146 valence electrons. The molecule has 0 saturated heterocycles. The maximum Gasteiger partial charge on any atom is 0.230 e. The van der Waals surface area contributed by atoms with Crippen molar-refractivity contribution in [2.75, 3.05) is 12.9 Å². The highest BCUT2D eigenvalue weighted by Crippen LogP contribution is 2.26. The molecule has 1 N–H and O–H groups in total. The molecule has 1 aliphatic carbocycles. The molecule has 7 heteroatoms. The molecule has 1 heterocycles. The Morgan fingerprint density at radius 1 is 1.26 bits per heavy atom. The number of thioether (sulfide) groups is 1. The Balaban J connectivity index is 1.63. The highest BCUT2D eigenvalue weighted by Gasteiger charge is 2.23. The zero-order valence-corrected chi connectivity index (χ0v) is 17.1. The molecule has 1 fully saturated rings. The van der Waals surface area contributed by atoms with Crippen LogP contribution in [0.3, 0.4) is 0 Å². The standard InChI is InChI=1S/C20H28N4O2S/c1-4-24-19(15-9-11-16(26-3)12-10-15)22-23-20(24)27-13-18(25)21-17-8-6-5-7-14(17)2/h9-12,14,17H,4-8,13H2,1-3H3,(H,21,25)/t14-,17+/m0/s1. The van der Waals surface area contributed by atoms with E-state index in [2.05, 4.69) is 29.4 Å². The maximum absolute atomic E-state index is 12.4. The first-order valence-corrected chi connectivity index (χ1v) is 10.6. The summed E-state index contributed by atoms with van der Waals surface area (Å²) in [5, 5.41) is 12.6. The number of nitrogens with one attached hydrogen (secondary N) is 1. The molecule has 1 aromatic carbocycles. The van der Waals surface area contributed by atoms with Crippen LogP contribution in [0.2, 0.25) is 0 Å². The average molecular weight is 389 g/mol. The fourth-order valence-electron chi connectivity index (χ4n) is 3.54. The summed E-state index contributed by atoms with van der Waals surface area (Å²) in [6, 6.07) is 8.08. The van der Waals surface area contributed by atoms with Crippen LogP contribution in [0, 0.1) is 5.92 Å². The molecule has 0 unspecified atom stereocenters. The van der Waals surface area contributed by atoms with Crippen LogP contribution in [0.1, 0.15) is 39.5 Å². The Bertz CT molecular complexity index is 760. The van der Waals surface area contributed by atoms with Gasteiger partial charge in [-0.3, -0.25) is 4.79 Å². The Morgan fingerprint density at radius 3 is 2.67 bits per heavy atom. The van der Waals surface area contributed by atoms with E-state index in [4.69, 9.17) is 4.74 Å². The molecule has 1 aromatic heterocycles. The predicted octanol–water partition coefficient (Wildman–Crippen LogP) is 3.76. The number of nitrogens with zero attached hydrogens (tertiary/aromatic N) is 3. The summed E-state index contributed by atoms with van der Waals surface area (Å²) in [5.74, 6) is 2.63. The maximum atomic E-state index is 12.4. The van der Waals surface area contributed by atoms with E-state index >= 15 is 0 Å². The van der Waals surface area contributed by atoms with Gasteiger partial charge in [0.25, 0.3) is 0 Å². The summed E-state index contributed by atoms with van der Waals surface area (Å²) in [5.41, 5.74) is 0.984. The predicted molar refractivity (Wildman–Crippen MR) is 108 cm³/mol. The van der Waals surface area contributed by atoms with Crippen LogP contribution < -0.4 is 10.1 Å². The van der Waals surface area contributed by atoms with Gasteiger partial charge in [0.15, 0.2) is 11.0 Å². The molecular weight excluding hydrogens is 360 g/mol. The summed E-state index contributed by atoms with van der Waals surface area (Å²) >= 11 is 1.45. The van der Waals surface area contributed by atoms with Gasteiger partial charge < -0.3 is 14.6 Å². The molecule has 0 aliphatic heterocycles. The van der Waals surface area contributed by atoms with Crippen LogP contribution >= 0.6 is 11.8 Å². The van der Waals surface area contributed by atoms with Crippen LogP contribution in [0.5, 0.6) is 5.75 Å². The summed E-state index contributed by atoms with van der Waals surface area (Å²) < 4.78 is 7.25. The van der Waals surface area contributed by atoms with Gasteiger partial charge in [0.2, 0.25) is 5.91 Å². The van der Waals surface area contributed by atoms with E-state index in [0.29, 0.717) is 17.7 Å². The number of rotatable bonds is 7. The van der Waals surface area contributed by atoms with Crippen molar-refractivity contribution in [2.24, 2.45) is 5.92 Å². The van der Waals surface area contributed by atoms with Gasteiger partial charge >= 0.3 is 0 Å². The van der Waals surface area contributed by atoms with Crippen molar-refractivity contribution in [1.82, 2.24) is 20.1 Å². The fourth-order valence-corrected chi connectivity index (χ4v) is 4.36. The molecule has 0 bridgehead atoms. The molecule has 6 nitrogen and oxygen atoms in total. The average Bonchev–Trinajstić information content (AvgIpc) is 3.11. The molecule has 0 spiro atoms. The van der Waals surface area contributed by atoms with Crippen LogP contribution in [-0.2, 0) is 11.3 Å². The molecular formula is C20H28N4O2S. The van der Waals surface area contributed by atoms with Gasteiger partial charge in [-0.15, -0.1) is 10.2 Å². The van der Waals surface area contributed by atoms with E-state index < -0.39 is 0 Å². The first kappa shape index (κ1) is 19.7. The largest absolute Gasteiger partial charge is 0.497 e. The van der Waals surface area contributed by atoms with Gasteiger partial charge in [-0.1, -0.05) is 31.5 Å². The molecule has 2 aromatic rings. The number of carbonyl (C=O) groups is 1. The lowest BCUT2D eigenvalue weighted by Gasteiger charge is -2.29. The minimum Gasteiger partial charge on any atom is -0.497 e. The van der Waals surface area contributed by atoms with Gasteiger partial charge in [0.05, 0.1) is 12.9 Å². The van der Waals surface area contributed by atoms with E-state index in [0.717, 1.165) is 35.3 Å². The second-order valence-corrected chi connectivity index (χ2v) is 7.95. The number of methoxy groups -OCH3 is 1. The zero-order chi connectivity index (χ0) is 19.2. The molecule has 1 amide bonds. The molecule has 27 heavy (non-hydrogen) atoms. The molecule has 0 radical (unpaired) electrons. The third-order valence-corrected chi connectivity index (χ3v) is 6.14. The Hall–Kier alpha value is -2.02. The van der Waals surface area contributed by atoms with E-state index in [9.17, 15) is 4.79 Å². The van der Waals surface area contributed by atoms with Crippen LogP contribution in [0.4, 0.5) is 0 Å². The second kappa shape index (κ2) is 9.26. The number of benzene rings is 1. The number of aromatic nitrogens is 3. The first-order valence-electron chi connectivity index (χ1n) is 9.62. The second-order valence-electron chi connectivity index (χ2n) is 7.00. The van der Waals surface area contributed by atoms with Crippen molar-refractivity contribution in [3.05, 3.63) is 24.3 Å². The number of ether oxygens (including phenoxy) is 1. The van der Waals surface area contributed by atoms with E-state index in [-0.39, 0.29) is 5.91 Å². The van der Waals surface area contributed by atoms with Crippen molar-refractivity contribution >= 4 is 17.7 Å². The van der Waals surface area contributed by atoms with E-state index in [1.165, 1.54) is 31.0 Å². The lowest BCUT2D eigenvalue weighted by Crippen LogP contribution is -2.41. The smallest absolute Gasteiger partial charge is 0.230 e. The van der Waals surface area contributed by atoms with Crippen molar-refractivity contribution in [3.8, 4) is 17.1 Å². The minimum atomic E-state index is 0.0791. The van der Waals surface area contributed by atoms with Gasteiger partial charge in [0, 0.05) is 18.2 Å². The van der Waals surface area contributed by atoms with Gasteiger partial charge in [-0.2, -0.15) is 0 Å². The van der Waals surface area contributed by atoms with E-state index in [1.54, 1.807) is 7.11 Å². The third kappa shape index (κ3) is 4.83. The summed E-state index contributed by atoms with van der Waals surface area (Å²) in [7, 11) is 1.65. The first-order chi connectivity index (χ1) is 13.1. The summed E-state index contributed by atoms with van der Waals surface area (Å²) in [6.07, 6.45) is 4.77. The number of carbonyl (C=O) groups excluding carboxylic acids is 1. The zero-order valence-electron chi connectivity index (χ0n) is 16.3. The van der Waals surface area contributed by atoms with Crippen LogP contribution in [0.25, 0.3) is 11.4 Å². The van der Waals surface area contributed by atoms with E-state index in [1.807, 2.05) is 28.8 Å². The third-order valence-electron chi connectivity index (χ3n) is 5.17. The molecule has 3 rings (SSSR count). The SMILES string of the molecule is CCn1c(SCC(=O)N[C@@H]2CCCC[C@@H]2C)nnc1-c1ccc(OC)cc1. The van der Waals surface area contributed by atoms with Crippen molar-refractivity contribution < 1.29 is 9.53 Å². The summed E-state index contributed by atoms with van der Waals surface area (Å²) in [4.78, 5) is 12.4. The van der Waals surface area contributed by atoms with Crippen molar-refractivity contribution in [1.29, 1.82) is 0 Å². The number of hydrogen-bond acceptors (Lipinski definition) is 5. The molecule has 1 saturated carbocycles. The van der Waals surface area contributed by atoms with Gasteiger partial charge in [-0.05, 0) is 49.9 Å². The molecule has 2 atom stereocenters. The van der Waals surface area contributed by atoms with Crippen LogP contribution in [-0.4, -0.2) is 39.6 Å². The highest BCUT2D eigenvalue weighted by molar-refractivity contribution is 7.99. The Morgan fingerprint density at radius 2 is 2.00 bits per heavy atom. The highest BCUT2D eigenvalue weighted by atomic mass is 32.2. The lowest BCUT2D eigenvalue weighted by molar-refractivity contribution is -0.119. The van der Waals surface area contributed by atoms with Crippen LogP contribution in [0.15, 0.2) is 29.4 Å². The Kier molecular flexibility index (Phi) is 6.77. The number of amides is 1. The summed E-state index contributed by atoms with van der Waals surface area (Å²) in [6.45, 7) is 5.04. The number of hydrogen-bond donors (Lipinski definition) is 1. The Labute approximate surface area is 165 Å². The lowest BCUT2D eigenvalue weighted by atomic mass is 9.86. The topological polar surface area (TPSA) is 69.0 Å². The van der Waals surface area contributed by atoms with Crippen molar-refractivity contribution in [2.45, 2.75) is 57.3 Å². The van der Waals surface area contributed by atoms with Crippen molar-refractivity contribution in [3.63, 3.8) is 0 Å². The van der Waals surface area contributed by atoms with Gasteiger partial charge in [-0.25, -0.2) is 0 Å². The van der Waals surface area contributed by atoms with Gasteiger partial charge in [0.1, 0.15) is 5.75 Å². The normalized spacial score (nSPS) is 19.7. The monoisotopic (exact) mass is 388 g/mol. The minimum absolute atomic E-state index is 0.0791. The molecule has 1 aliphatic rings. The fraction of sp³-hybridized carbons (Fsp3) is 0.550. The quantitative estimate of drug-likeness (QED) is 0.732.